The van der Waals surface area contributed by atoms with Gasteiger partial charge < -0.3 is 14.9 Å². The van der Waals surface area contributed by atoms with Crippen molar-refractivity contribution in [3.63, 3.8) is 0 Å². The molecule has 3 fully saturated rings. The van der Waals surface area contributed by atoms with Gasteiger partial charge >= 0.3 is 0 Å². The van der Waals surface area contributed by atoms with Crippen LogP contribution in [0.2, 0.25) is 0 Å². The van der Waals surface area contributed by atoms with Gasteiger partial charge in [-0.1, -0.05) is 30.3 Å². The Morgan fingerprint density at radius 3 is 2.40 bits per heavy atom. The highest BCUT2D eigenvalue weighted by Gasteiger charge is 2.57. The molecule has 0 spiro atoms. The number of fused-ring (bicyclic) bond motifs is 2. The van der Waals surface area contributed by atoms with Crippen LogP contribution in [0.4, 0.5) is 5.69 Å². The van der Waals surface area contributed by atoms with E-state index in [0.717, 1.165) is 44.3 Å². The van der Waals surface area contributed by atoms with E-state index in [1.165, 1.54) is 30.5 Å². The quantitative estimate of drug-likeness (QED) is 0.809. The molecular weight excluding hydrogens is 372 g/mol. The summed E-state index contributed by atoms with van der Waals surface area (Å²) in [6.45, 7) is 2.37. The lowest BCUT2D eigenvalue weighted by Gasteiger charge is -2.36. The van der Waals surface area contributed by atoms with Crippen LogP contribution in [0, 0.1) is 5.41 Å². The molecule has 158 valence electrons. The molecule has 5 rings (SSSR count). The van der Waals surface area contributed by atoms with Crippen molar-refractivity contribution in [3.8, 4) is 0 Å². The number of piperidine rings is 1. The highest BCUT2D eigenvalue weighted by atomic mass is 16.3. The van der Waals surface area contributed by atoms with Gasteiger partial charge in [0.1, 0.15) is 0 Å². The van der Waals surface area contributed by atoms with Gasteiger partial charge in [0, 0.05) is 41.8 Å². The first-order valence-electron chi connectivity index (χ1n) is 11.5. The number of hydrogen-bond acceptors (Lipinski definition) is 3. The number of benzene rings is 2. The van der Waals surface area contributed by atoms with Crippen LogP contribution in [0.15, 0.2) is 54.6 Å². The fraction of sp³-hybridized carbons (Fsp3) is 0.500. The van der Waals surface area contributed by atoms with Gasteiger partial charge in [0.15, 0.2) is 0 Å². The number of amides is 1. The van der Waals surface area contributed by atoms with E-state index in [1.807, 2.05) is 18.2 Å². The number of aliphatic hydroxyl groups excluding tert-OH is 1. The van der Waals surface area contributed by atoms with E-state index in [4.69, 9.17) is 0 Å². The third kappa shape index (κ3) is 3.41. The third-order valence-corrected chi connectivity index (χ3v) is 7.64. The largest absolute Gasteiger partial charge is 0.396 e. The Hall–Kier alpha value is -2.33. The highest BCUT2D eigenvalue weighted by molar-refractivity contribution is 5.95. The molecule has 0 aliphatic carbocycles. The zero-order chi connectivity index (χ0) is 20.6. The zero-order valence-corrected chi connectivity index (χ0v) is 17.7. The van der Waals surface area contributed by atoms with Crippen LogP contribution in [-0.2, 0) is 6.42 Å². The summed E-state index contributed by atoms with van der Waals surface area (Å²) < 4.78 is 0. The first-order valence-corrected chi connectivity index (χ1v) is 11.5. The van der Waals surface area contributed by atoms with Gasteiger partial charge in [-0.3, -0.25) is 4.79 Å². The van der Waals surface area contributed by atoms with E-state index in [2.05, 4.69) is 46.2 Å². The second-order valence-corrected chi connectivity index (χ2v) is 9.44. The number of carbonyl (C=O) groups excluding carboxylic acids is 1. The lowest BCUT2D eigenvalue weighted by Crippen LogP contribution is -2.44. The van der Waals surface area contributed by atoms with Crippen LogP contribution in [0.25, 0.3) is 0 Å². The monoisotopic (exact) mass is 404 g/mol. The van der Waals surface area contributed by atoms with Crippen molar-refractivity contribution in [2.45, 2.75) is 57.0 Å². The van der Waals surface area contributed by atoms with Gasteiger partial charge in [0.2, 0.25) is 0 Å². The van der Waals surface area contributed by atoms with Crippen molar-refractivity contribution in [3.05, 3.63) is 65.7 Å². The molecule has 3 atom stereocenters. The summed E-state index contributed by atoms with van der Waals surface area (Å²) in [5, 5.41) is 10.4. The minimum Gasteiger partial charge on any atom is -0.396 e. The van der Waals surface area contributed by atoms with Gasteiger partial charge in [0.05, 0.1) is 6.61 Å². The van der Waals surface area contributed by atoms with E-state index in [-0.39, 0.29) is 30.0 Å². The average Bonchev–Trinajstić information content (AvgIpc) is 3.36. The average molecular weight is 405 g/mol. The molecule has 1 amide bonds. The molecule has 4 nitrogen and oxygen atoms in total. The molecule has 0 unspecified atom stereocenters. The van der Waals surface area contributed by atoms with Crippen LogP contribution >= 0.6 is 0 Å². The molecule has 3 aliphatic rings. The maximum Gasteiger partial charge on any atom is 0.254 e. The molecule has 3 saturated heterocycles. The molecule has 1 N–H and O–H groups in total. The molecule has 2 bridgehead atoms. The van der Waals surface area contributed by atoms with Crippen LogP contribution in [0.3, 0.4) is 0 Å². The summed E-state index contributed by atoms with van der Waals surface area (Å²) >= 11 is 0. The van der Waals surface area contributed by atoms with Crippen molar-refractivity contribution in [2.75, 3.05) is 24.6 Å². The molecule has 4 heteroatoms. The van der Waals surface area contributed by atoms with Gasteiger partial charge in [-0.15, -0.1) is 0 Å². The number of nitrogens with zero attached hydrogens (tertiary/aromatic N) is 2. The predicted octanol–water partition coefficient (Wildman–Crippen LogP) is 4.28. The summed E-state index contributed by atoms with van der Waals surface area (Å²) in [6.07, 6.45) is 7.61. The molecule has 3 heterocycles. The summed E-state index contributed by atoms with van der Waals surface area (Å²) in [5.74, 6) is 0.135. The minimum absolute atomic E-state index is 0.127. The Morgan fingerprint density at radius 1 is 0.967 bits per heavy atom. The predicted molar refractivity (Wildman–Crippen MR) is 120 cm³/mol. The molecule has 0 aromatic heterocycles. The Balaban J connectivity index is 1.34. The second kappa shape index (κ2) is 8.07. The van der Waals surface area contributed by atoms with Crippen LogP contribution in [0.1, 0.15) is 54.4 Å². The van der Waals surface area contributed by atoms with Crippen LogP contribution < -0.4 is 4.90 Å². The minimum atomic E-state index is -0.215. The Morgan fingerprint density at radius 2 is 1.70 bits per heavy atom. The van der Waals surface area contributed by atoms with E-state index < -0.39 is 0 Å². The molecule has 0 saturated carbocycles. The van der Waals surface area contributed by atoms with Crippen molar-refractivity contribution in [1.82, 2.24) is 4.90 Å². The van der Waals surface area contributed by atoms with E-state index in [1.54, 1.807) is 0 Å². The highest BCUT2D eigenvalue weighted by Crippen LogP contribution is 2.51. The summed E-state index contributed by atoms with van der Waals surface area (Å²) in [6, 6.07) is 19.0. The first kappa shape index (κ1) is 19.6. The molecule has 30 heavy (non-hydrogen) atoms. The number of aliphatic hydroxyl groups is 1. The molecule has 2 aromatic carbocycles. The molecule has 3 aliphatic heterocycles. The maximum atomic E-state index is 13.5. The Labute approximate surface area is 179 Å². The lowest BCUT2D eigenvalue weighted by atomic mass is 9.70. The molecule has 2 aromatic rings. The van der Waals surface area contributed by atoms with Crippen LogP contribution in [-0.4, -0.2) is 47.7 Å². The lowest BCUT2D eigenvalue weighted by molar-refractivity contribution is 0.0571. The van der Waals surface area contributed by atoms with Crippen molar-refractivity contribution in [2.24, 2.45) is 5.41 Å². The van der Waals surface area contributed by atoms with Gasteiger partial charge in [0.25, 0.3) is 5.91 Å². The molecular formula is C26H32N2O2. The zero-order valence-electron chi connectivity index (χ0n) is 17.7. The summed E-state index contributed by atoms with van der Waals surface area (Å²) in [4.78, 5) is 18.0. The van der Waals surface area contributed by atoms with Crippen molar-refractivity contribution in [1.29, 1.82) is 0 Å². The standard InChI is InChI=1S/C26H32N2O2/c29-19-26(17-20-7-3-1-4-8-20)18-23-13-14-24(26)28(23)25(30)21-9-11-22(12-10-21)27-15-5-2-6-16-27/h1,3-4,7-12,23-24,29H,2,5-6,13-19H2/t23-,24+,26-/m0/s1. The smallest absolute Gasteiger partial charge is 0.254 e. The number of hydrogen-bond donors (Lipinski definition) is 1. The van der Waals surface area contributed by atoms with Crippen LogP contribution in [0.5, 0.6) is 0 Å². The normalized spacial score (nSPS) is 28.2. The van der Waals surface area contributed by atoms with Gasteiger partial charge in [-0.05, 0) is 74.8 Å². The van der Waals surface area contributed by atoms with Gasteiger partial charge in [-0.2, -0.15) is 0 Å². The fourth-order valence-corrected chi connectivity index (χ4v) is 6.13. The van der Waals surface area contributed by atoms with Crippen molar-refractivity contribution < 1.29 is 9.90 Å². The third-order valence-electron chi connectivity index (χ3n) is 7.64. The number of rotatable bonds is 5. The number of carbonyl (C=O) groups is 1. The number of anilines is 1. The first-order chi connectivity index (χ1) is 14.7. The Bertz CT molecular complexity index is 876. The fourth-order valence-electron chi connectivity index (χ4n) is 6.13. The topological polar surface area (TPSA) is 43.8 Å². The SMILES string of the molecule is O=C(c1ccc(N2CCCCC2)cc1)N1[C@H]2CC[C@@H]1[C@@](CO)(Cc1ccccc1)C2. The molecule has 0 radical (unpaired) electrons. The maximum absolute atomic E-state index is 13.5. The van der Waals surface area contributed by atoms with E-state index >= 15 is 0 Å². The van der Waals surface area contributed by atoms with Gasteiger partial charge in [-0.25, -0.2) is 0 Å². The summed E-state index contributed by atoms with van der Waals surface area (Å²) in [7, 11) is 0. The second-order valence-electron chi connectivity index (χ2n) is 9.44. The van der Waals surface area contributed by atoms with Crippen molar-refractivity contribution >= 4 is 11.6 Å². The van der Waals surface area contributed by atoms with E-state index in [0.29, 0.717) is 0 Å². The van der Waals surface area contributed by atoms with E-state index in [9.17, 15) is 9.90 Å². The Kier molecular flexibility index (Phi) is 5.28. The summed E-state index contributed by atoms with van der Waals surface area (Å²) in [5.41, 5.74) is 3.04.